The molecule has 14 heavy (non-hydrogen) atoms. The number of esters is 2. The van der Waals surface area contributed by atoms with Gasteiger partial charge in [-0.2, -0.15) is 0 Å². The molecule has 0 aromatic heterocycles. The molecule has 5 heteroatoms. The fraction of sp³-hybridized carbons (Fsp3) is 0.556. The van der Waals surface area contributed by atoms with E-state index in [2.05, 4.69) is 6.58 Å². The van der Waals surface area contributed by atoms with Crippen LogP contribution in [0.25, 0.3) is 0 Å². The lowest BCUT2D eigenvalue weighted by molar-refractivity contribution is -0.146. The van der Waals surface area contributed by atoms with Crippen LogP contribution in [0.3, 0.4) is 0 Å². The minimum atomic E-state index is -0.485. The first-order valence-corrected chi connectivity index (χ1v) is 4.68. The molecule has 0 radical (unpaired) electrons. The molecule has 0 aliphatic rings. The summed E-state index contributed by atoms with van der Waals surface area (Å²) in [5, 5.41) is 0. The molecule has 0 saturated carbocycles. The van der Waals surface area contributed by atoms with Crippen molar-refractivity contribution in [1.29, 1.82) is 0 Å². The summed E-state index contributed by atoms with van der Waals surface area (Å²) in [6.07, 6.45) is 1.22. The van der Waals surface area contributed by atoms with Crippen molar-refractivity contribution in [2.24, 2.45) is 0 Å². The number of hydrogen-bond acceptors (Lipinski definition) is 4. The largest absolute Gasteiger partial charge is 0.462 e. The van der Waals surface area contributed by atoms with Gasteiger partial charge in [-0.3, -0.25) is 4.79 Å². The molecular formula is C9H13ClO4. The second-order valence-electron chi connectivity index (χ2n) is 2.59. The molecule has 0 heterocycles. The minimum absolute atomic E-state index is 0.170. The van der Waals surface area contributed by atoms with Crippen molar-refractivity contribution in [3.05, 3.63) is 12.7 Å². The second-order valence-corrected chi connectivity index (χ2v) is 2.86. The fourth-order valence-corrected chi connectivity index (χ4v) is 0.762. The highest BCUT2D eigenvalue weighted by Gasteiger charge is 2.08. The van der Waals surface area contributed by atoms with Crippen LogP contribution < -0.4 is 0 Å². The monoisotopic (exact) mass is 220 g/mol. The Morgan fingerprint density at radius 1 is 1.57 bits per heavy atom. The SMILES string of the molecule is C=CC(=O)OCCC(C)OC(=O)CCl. The molecule has 0 fully saturated rings. The molecular weight excluding hydrogens is 208 g/mol. The quantitative estimate of drug-likeness (QED) is 0.384. The van der Waals surface area contributed by atoms with E-state index >= 15 is 0 Å². The zero-order valence-electron chi connectivity index (χ0n) is 7.99. The van der Waals surface area contributed by atoms with Gasteiger partial charge in [-0.1, -0.05) is 6.58 Å². The maximum atomic E-state index is 10.7. The lowest BCUT2D eigenvalue weighted by Gasteiger charge is -2.11. The average Bonchev–Trinajstić information content (AvgIpc) is 2.17. The number of carbonyl (C=O) groups is 2. The zero-order chi connectivity index (χ0) is 11.0. The van der Waals surface area contributed by atoms with E-state index in [-0.39, 0.29) is 18.6 Å². The molecule has 4 nitrogen and oxygen atoms in total. The van der Waals surface area contributed by atoms with Crippen LogP contribution in [0.4, 0.5) is 0 Å². The van der Waals surface area contributed by atoms with Gasteiger partial charge in [0.05, 0.1) is 6.61 Å². The van der Waals surface area contributed by atoms with Crippen molar-refractivity contribution in [2.75, 3.05) is 12.5 Å². The van der Waals surface area contributed by atoms with Gasteiger partial charge in [0, 0.05) is 12.5 Å². The van der Waals surface area contributed by atoms with Gasteiger partial charge in [0.25, 0.3) is 0 Å². The average molecular weight is 221 g/mol. The predicted molar refractivity (Wildman–Crippen MR) is 52.0 cm³/mol. The standard InChI is InChI=1S/C9H13ClO4/c1-3-8(11)13-5-4-7(2)14-9(12)6-10/h3,7H,1,4-6H2,2H3. The number of halogens is 1. The van der Waals surface area contributed by atoms with E-state index in [1.807, 2.05) is 0 Å². The highest BCUT2D eigenvalue weighted by Crippen LogP contribution is 1.99. The van der Waals surface area contributed by atoms with Gasteiger partial charge in [0.1, 0.15) is 12.0 Å². The second kappa shape index (κ2) is 7.38. The van der Waals surface area contributed by atoms with Crippen LogP contribution in [0, 0.1) is 0 Å². The van der Waals surface area contributed by atoms with Crippen LogP contribution in [0.15, 0.2) is 12.7 Å². The van der Waals surface area contributed by atoms with Crippen LogP contribution in [-0.4, -0.2) is 30.5 Å². The van der Waals surface area contributed by atoms with Gasteiger partial charge >= 0.3 is 11.9 Å². The van der Waals surface area contributed by atoms with Crippen molar-refractivity contribution in [2.45, 2.75) is 19.4 Å². The number of rotatable bonds is 6. The van der Waals surface area contributed by atoms with Crippen LogP contribution in [-0.2, 0) is 19.1 Å². The smallest absolute Gasteiger partial charge is 0.330 e. The summed E-state index contributed by atoms with van der Waals surface area (Å²) in [6, 6.07) is 0. The Hall–Kier alpha value is -1.03. The van der Waals surface area contributed by atoms with Crippen molar-refractivity contribution in [1.82, 2.24) is 0 Å². The van der Waals surface area contributed by atoms with Crippen molar-refractivity contribution < 1.29 is 19.1 Å². The van der Waals surface area contributed by atoms with Crippen LogP contribution in [0.2, 0.25) is 0 Å². The first kappa shape index (κ1) is 13.0. The Labute approximate surface area is 87.8 Å². The number of ether oxygens (including phenoxy) is 2. The molecule has 0 amide bonds. The molecule has 0 aliphatic carbocycles. The van der Waals surface area contributed by atoms with Crippen molar-refractivity contribution in [3.63, 3.8) is 0 Å². The fourth-order valence-electron chi connectivity index (χ4n) is 0.699. The predicted octanol–water partition coefficient (Wildman–Crippen LogP) is 1.28. The molecule has 80 valence electrons. The van der Waals surface area contributed by atoms with E-state index in [0.717, 1.165) is 6.08 Å². The zero-order valence-corrected chi connectivity index (χ0v) is 8.75. The first-order chi connectivity index (χ1) is 6.60. The van der Waals surface area contributed by atoms with Gasteiger partial charge in [-0.25, -0.2) is 4.79 Å². The first-order valence-electron chi connectivity index (χ1n) is 4.14. The lowest BCUT2D eigenvalue weighted by atomic mass is 10.3. The molecule has 0 spiro atoms. The maximum absolute atomic E-state index is 10.7. The normalized spacial score (nSPS) is 11.6. The molecule has 0 bridgehead atoms. The summed E-state index contributed by atoms with van der Waals surface area (Å²) in [5.41, 5.74) is 0. The molecule has 0 aromatic rings. The van der Waals surface area contributed by atoms with Crippen molar-refractivity contribution in [3.8, 4) is 0 Å². The molecule has 1 atom stereocenters. The van der Waals surface area contributed by atoms with Gasteiger partial charge in [-0.15, -0.1) is 11.6 Å². The minimum Gasteiger partial charge on any atom is -0.462 e. The summed E-state index contributed by atoms with van der Waals surface area (Å²) in [7, 11) is 0. The van der Waals surface area contributed by atoms with E-state index in [1.165, 1.54) is 0 Å². The number of alkyl halides is 1. The summed E-state index contributed by atoms with van der Waals surface area (Å²) in [4.78, 5) is 21.3. The van der Waals surface area contributed by atoms with Gasteiger partial charge in [0.2, 0.25) is 0 Å². The lowest BCUT2D eigenvalue weighted by Crippen LogP contribution is -2.18. The highest BCUT2D eigenvalue weighted by atomic mass is 35.5. The van der Waals surface area contributed by atoms with E-state index < -0.39 is 11.9 Å². The van der Waals surface area contributed by atoms with E-state index in [9.17, 15) is 9.59 Å². The van der Waals surface area contributed by atoms with E-state index in [4.69, 9.17) is 21.1 Å². The van der Waals surface area contributed by atoms with E-state index in [0.29, 0.717) is 6.42 Å². The summed E-state index contributed by atoms with van der Waals surface area (Å²) in [6.45, 7) is 5.14. The topological polar surface area (TPSA) is 52.6 Å². The van der Waals surface area contributed by atoms with Gasteiger partial charge in [-0.05, 0) is 6.92 Å². The van der Waals surface area contributed by atoms with Crippen LogP contribution in [0.5, 0.6) is 0 Å². The molecule has 0 N–H and O–H groups in total. The highest BCUT2D eigenvalue weighted by molar-refractivity contribution is 6.26. The molecule has 0 rings (SSSR count). The Morgan fingerprint density at radius 2 is 2.21 bits per heavy atom. The third-order valence-electron chi connectivity index (χ3n) is 1.38. The Balaban J connectivity index is 3.53. The molecule has 0 aliphatic heterocycles. The number of hydrogen-bond donors (Lipinski definition) is 0. The van der Waals surface area contributed by atoms with Gasteiger partial charge in [0.15, 0.2) is 0 Å². The number of carbonyl (C=O) groups excluding carboxylic acids is 2. The maximum Gasteiger partial charge on any atom is 0.330 e. The molecule has 0 aromatic carbocycles. The van der Waals surface area contributed by atoms with Gasteiger partial charge < -0.3 is 9.47 Å². The van der Waals surface area contributed by atoms with Crippen LogP contribution >= 0.6 is 11.6 Å². The Morgan fingerprint density at radius 3 is 2.71 bits per heavy atom. The Bertz CT molecular complexity index is 215. The summed E-state index contributed by atoms with van der Waals surface area (Å²) < 4.78 is 9.52. The third kappa shape index (κ3) is 6.48. The third-order valence-corrected chi connectivity index (χ3v) is 1.60. The summed E-state index contributed by atoms with van der Waals surface area (Å²) >= 11 is 5.23. The van der Waals surface area contributed by atoms with E-state index in [1.54, 1.807) is 6.92 Å². The Kier molecular flexibility index (Phi) is 6.84. The van der Waals surface area contributed by atoms with Crippen molar-refractivity contribution >= 4 is 23.5 Å². The summed E-state index contributed by atoms with van der Waals surface area (Å²) in [5.74, 6) is -1.13. The molecule has 0 saturated heterocycles. The van der Waals surface area contributed by atoms with Crippen LogP contribution in [0.1, 0.15) is 13.3 Å². The molecule has 1 unspecified atom stereocenters.